The van der Waals surface area contributed by atoms with Crippen LogP contribution in [0.2, 0.25) is 5.02 Å². The number of anilines is 1. The third-order valence-corrected chi connectivity index (χ3v) is 3.16. The predicted octanol–water partition coefficient (Wildman–Crippen LogP) is 2.27. The van der Waals surface area contributed by atoms with Gasteiger partial charge in [0.1, 0.15) is 6.04 Å². The van der Waals surface area contributed by atoms with E-state index in [4.69, 9.17) is 11.6 Å². The highest BCUT2D eigenvalue weighted by molar-refractivity contribution is 6.31. The van der Waals surface area contributed by atoms with Crippen LogP contribution in [0.3, 0.4) is 0 Å². The quantitative estimate of drug-likeness (QED) is 0.755. The first kappa shape index (κ1) is 17.3. The molecule has 2 amide bonds. The average molecular weight is 312 g/mol. The summed E-state index contributed by atoms with van der Waals surface area (Å²) in [5, 5.41) is 8.85. The zero-order chi connectivity index (χ0) is 16.0. The SMILES string of the molecule is CNc1ccc(Cl)cc1C(=O)NC(C)C(=O)NCC(C)C. The van der Waals surface area contributed by atoms with Crippen LogP contribution in [0.15, 0.2) is 18.2 Å². The summed E-state index contributed by atoms with van der Waals surface area (Å²) < 4.78 is 0. The maximum atomic E-state index is 12.2. The molecule has 0 saturated heterocycles. The van der Waals surface area contributed by atoms with Crippen molar-refractivity contribution in [2.75, 3.05) is 18.9 Å². The second kappa shape index (κ2) is 7.88. The summed E-state index contributed by atoms with van der Waals surface area (Å²) in [5.41, 5.74) is 1.07. The van der Waals surface area contributed by atoms with Gasteiger partial charge in [0.05, 0.1) is 5.56 Å². The van der Waals surface area contributed by atoms with Crippen molar-refractivity contribution in [3.8, 4) is 0 Å². The summed E-state index contributed by atoms with van der Waals surface area (Å²) in [4.78, 5) is 24.1. The number of halogens is 1. The van der Waals surface area contributed by atoms with Gasteiger partial charge in [-0.1, -0.05) is 25.4 Å². The molecular formula is C15H22ClN3O2. The Bertz CT molecular complexity index is 518. The zero-order valence-electron chi connectivity index (χ0n) is 12.8. The predicted molar refractivity (Wildman–Crippen MR) is 85.8 cm³/mol. The molecule has 21 heavy (non-hydrogen) atoms. The molecule has 6 heteroatoms. The second-order valence-electron chi connectivity index (χ2n) is 5.27. The Kier molecular flexibility index (Phi) is 6.49. The van der Waals surface area contributed by atoms with Gasteiger partial charge in [-0.3, -0.25) is 9.59 Å². The van der Waals surface area contributed by atoms with Gasteiger partial charge in [-0.15, -0.1) is 0 Å². The van der Waals surface area contributed by atoms with Crippen LogP contribution < -0.4 is 16.0 Å². The van der Waals surface area contributed by atoms with E-state index in [0.29, 0.717) is 28.7 Å². The molecule has 3 N–H and O–H groups in total. The van der Waals surface area contributed by atoms with Gasteiger partial charge >= 0.3 is 0 Å². The molecule has 0 fully saturated rings. The van der Waals surface area contributed by atoms with E-state index in [-0.39, 0.29) is 11.8 Å². The fraction of sp³-hybridized carbons (Fsp3) is 0.467. The van der Waals surface area contributed by atoms with E-state index in [0.717, 1.165) is 0 Å². The number of carbonyl (C=O) groups excluding carboxylic acids is 2. The monoisotopic (exact) mass is 311 g/mol. The van der Waals surface area contributed by atoms with Gasteiger partial charge in [0, 0.05) is 24.3 Å². The lowest BCUT2D eigenvalue weighted by atomic mass is 10.1. The van der Waals surface area contributed by atoms with Crippen molar-refractivity contribution in [3.05, 3.63) is 28.8 Å². The number of nitrogens with one attached hydrogen (secondary N) is 3. The van der Waals surface area contributed by atoms with Crippen LogP contribution in [0.4, 0.5) is 5.69 Å². The van der Waals surface area contributed by atoms with Gasteiger partial charge < -0.3 is 16.0 Å². The van der Waals surface area contributed by atoms with E-state index in [1.54, 1.807) is 32.2 Å². The Balaban J connectivity index is 2.72. The third-order valence-electron chi connectivity index (χ3n) is 2.92. The Labute approximate surface area is 130 Å². The third kappa shape index (κ3) is 5.27. The lowest BCUT2D eigenvalue weighted by molar-refractivity contribution is -0.122. The normalized spacial score (nSPS) is 11.9. The van der Waals surface area contributed by atoms with Gasteiger partial charge in [0.2, 0.25) is 5.91 Å². The van der Waals surface area contributed by atoms with Gasteiger partial charge in [-0.05, 0) is 31.0 Å². The summed E-state index contributed by atoms with van der Waals surface area (Å²) in [6, 6.07) is 4.38. The fourth-order valence-electron chi connectivity index (χ4n) is 1.72. The molecule has 116 valence electrons. The van der Waals surface area contributed by atoms with Crippen LogP contribution in [0, 0.1) is 5.92 Å². The summed E-state index contributed by atoms with van der Waals surface area (Å²) in [6.07, 6.45) is 0. The highest BCUT2D eigenvalue weighted by atomic mass is 35.5. The van der Waals surface area contributed by atoms with Gasteiger partial charge in [0.15, 0.2) is 0 Å². The number of amides is 2. The maximum absolute atomic E-state index is 12.2. The van der Waals surface area contributed by atoms with Crippen molar-refractivity contribution in [1.29, 1.82) is 0 Å². The molecule has 0 bridgehead atoms. The molecule has 0 aromatic heterocycles. The van der Waals surface area contributed by atoms with Crippen molar-refractivity contribution in [2.45, 2.75) is 26.8 Å². The Morgan fingerprint density at radius 1 is 1.24 bits per heavy atom. The van der Waals surface area contributed by atoms with Crippen molar-refractivity contribution in [1.82, 2.24) is 10.6 Å². The molecule has 0 aliphatic carbocycles. The molecular weight excluding hydrogens is 290 g/mol. The maximum Gasteiger partial charge on any atom is 0.254 e. The lowest BCUT2D eigenvalue weighted by Gasteiger charge is -2.16. The topological polar surface area (TPSA) is 70.2 Å². The standard InChI is InChI=1S/C15H22ClN3O2/c1-9(2)8-18-14(20)10(3)19-15(21)12-7-11(16)5-6-13(12)17-4/h5-7,9-10,17H,8H2,1-4H3,(H,18,20)(H,19,21). The van der Waals surface area contributed by atoms with E-state index in [1.807, 2.05) is 13.8 Å². The van der Waals surface area contributed by atoms with Gasteiger partial charge in [-0.25, -0.2) is 0 Å². The first-order valence-corrected chi connectivity index (χ1v) is 7.28. The zero-order valence-corrected chi connectivity index (χ0v) is 13.5. The summed E-state index contributed by atoms with van der Waals surface area (Å²) >= 11 is 5.91. The average Bonchev–Trinajstić information content (AvgIpc) is 2.44. The fourth-order valence-corrected chi connectivity index (χ4v) is 1.89. The van der Waals surface area contributed by atoms with Crippen LogP contribution in [-0.2, 0) is 4.79 Å². The largest absolute Gasteiger partial charge is 0.387 e. The first-order chi connectivity index (χ1) is 9.85. The molecule has 1 aromatic carbocycles. The molecule has 1 rings (SSSR count). The number of carbonyl (C=O) groups is 2. The molecule has 1 aromatic rings. The van der Waals surface area contributed by atoms with E-state index in [1.165, 1.54) is 0 Å². The van der Waals surface area contributed by atoms with Crippen molar-refractivity contribution < 1.29 is 9.59 Å². The molecule has 5 nitrogen and oxygen atoms in total. The number of hydrogen-bond acceptors (Lipinski definition) is 3. The molecule has 0 aliphatic heterocycles. The molecule has 1 unspecified atom stereocenters. The van der Waals surface area contributed by atoms with Crippen LogP contribution >= 0.6 is 11.6 Å². The molecule has 0 saturated carbocycles. The van der Waals surface area contributed by atoms with Crippen LogP contribution in [0.1, 0.15) is 31.1 Å². The molecule has 0 spiro atoms. The van der Waals surface area contributed by atoms with E-state index in [9.17, 15) is 9.59 Å². The number of rotatable bonds is 6. The summed E-state index contributed by atoms with van der Waals surface area (Å²) in [5.74, 6) is -0.181. The molecule has 0 heterocycles. The molecule has 0 radical (unpaired) electrons. The highest BCUT2D eigenvalue weighted by Gasteiger charge is 2.18. The van der Waals surface area contributed by atoms with Crippen molar-refractivity contribution in [3.63, 3.8) is 0 Å². The summed E-state index contributed by atoms with van der Waals surface area (Å²) in [6.45, 7) is 6.25. The Hall–Kier alpha value is -1.75. The van der Waals surface area contributed by atoms with E-state index in [2.05, 4.69) is 16.0 Å². The smallest absolute Gasteiger partial charge is 0.254 e. The van der Waals surface area contributed by atoms with Crippen molar-refractivity contribution >= 4 is 29.1 Å². The Morgan fingerprint density at radius 3 is 2.48 bits per heavy atom. The van der Waals surface area contributed by atoms with E-state index < -0.39 is 6.04 Å². The lowest BCUT2D eigenvalue weighted by Crippen LogP contribution is -2.45. The Morgan fingerprint density at radius 2 is 1.90 bits per heavy atom. The summed E-state index contributed by atoms with van der Waals surface area (Å²) in [7, 11) is 1.72. The van der Waals surface area contributed by atoms with Gasteiger partial charge in [-0.2, -0.15) is 0 Å². The first-order valence-electron chi connectivity index (χ1n) is 6.91. The number of benzene rings is 1. The minimum Gasteiger partial charge on any atom is -0.387 e. The molecule has 1 atom stereocenters. The van der Waals surface area contributed by atoms with E-state index >= 15 is 0 Å². The molecule has 0 aliphatic rings. The van der Waals surface area contributed by atoms with Crippen LogP contribution in [0.5, 0.6) is 0 Å². The minimum absolute atomic E-state index is 0.204. The van der Waals surface area contributed by atoms with Gasteiger partial charge in [0.25, 0.3) is 5.91 Å². The van der Waals surface area contributed by atoms with Crippen molar-refractivity contribution in [2.24, 2.45) is 5.92 Å². The second-order valence-corrected chi connectivity index (χ2v) is 5.71. The highest BCUT2D eigenvalue weighted by Crippen LogP contribution is 2.20. The minimum atomic E-state index is -0.611. The van der Waals surface area contributed by atoms with Crippen LogP contribution in [0.25, 0.3) is 0 Å². The number of hydrogen-bond donors (Lipinski definition) is 3. The van der Waals surface area contributed by atoms with Crippen LogP contribution in [-0.4, -0.2) is 31.4 Å².